The lowest BCUT2D eigenvalue weighted by Crippen LogP contribution is -2.24. The number of aryl methyl sites for hydroxylation is 1. The maximum atomic E-state index is 6.32. The first-order valence-electron chi connectivity index (χ1n) is 7.43. The van der Waals surface area contributed by atoms with Crippen LogP contribution in [0.2, 0.25) is 0 Å². The monoisotopic (exact) mass is 283 g/mol. The molecule has 0 saturated heterocycles. The molecule has 0 bridgehead atoms. The molecule has 2 aromatic rings. The largest absolute Gasteiger partial charge is 0.494 e. The molecule has 0 saturated carbocycles. The summed E-state index contributed by atoms with van der Waals surface area (Å²) in [5.74, 6) is 1.79. The van der Waals surface area contributed by atoms with E-state index in [2.05, 4.69) is 31.2 Å². The van der Waals surface area contributed by atoms with Crippen LogP contribution >= 0.6 is 0 Å². The fourth-order valence-electron chi connectivity index (χ4n) is 2.77. The molecule has 1 aliphatic heterocycles. The molecule has 0 amide bonds. The summed E-state index contributed by atoms with van der Waals surface area (Å²) < 4.78 is 11.6. The summed E-state index contributed by atoms with van der Waals surface area (Å²) in [6, 6.07) is 14.3. The number of hydrogen-bond acceptors (Lipinski definition) is 3. The first kappa shape index (κ1) is 14.0. The molecule has 2 N–H and O–H groups in total. The van der Waals surface area contributed by atoms with E-state index in [0.717, 1.165) is 29.0 Å². The van der Waals surface area contributed by atoms with Gasteiger partial charge in [0.1, 0.15) is 17.6 Å². The minimum atomic E-state index is 0.00545. The predicted octanol–water partition coefficient (Wildman–Crippen LogP) is 3.92. The highest BCUT2D eigenvalue weighted by atomic mass is 16.5. The van der Waals surface area contributed by atoms with Gasteiger partial charge < -0.3 is 15.2 Å². The Hall–Kier alpha value is -2.00. The van der Waals surface area contributed by atoms with E-state index in [1.807, 2.05) is 25.1 Å². The molecular formula is C18H21NO2. The summed E-state index contributed by atoms with van der Waals surface area (Å²) in [5, 5.41) is 0. The minimum absolute atomic E-state index is 0.00545. The summed E-state index contributed by atoms with van der Waals surface area (Å²) in [6.45, 7) is 4.73. The predicted molar refractivity (Wildman–Crippen MR) is 83.7 cm³/mol. The Kier molecular flexibility index (Phi) is 3.84. The van der Waals surface area contributed by atoms with Crippen LogP contribution in [0.3, 0.4) is 0 Å². The van der Waals surface area contributed by atoms with Crippen molar-refractivity contribution in [3.05, 3.63) is 59.2 Å². The highest BCUT2D eigenvalue weighted by Gasteiger charge is 2.27. The quantitative estimate of drug-likeness (QED) is 0.928. The number of hydrogen-bond donors (Lipinski definition) is 1. The van der Waals surface area contributed by atoms with Gasteiger partial charge in [-0.1, -0.05) is 29.8 Å². The zero-order chi connectivity index (χ0) is 14.8. The van der Waals surface area contributed by atoms with Crippen LogP contribution in [0.25, 0.3) is 0 Å². The molecule has 0 aromatic heterocycles. The average Bonchev–Trinajstić information content (AvgIpc) is 2.49. The van der Waals surface area contributed by atoms with E-state index in [9.17, 15) is 0 Å². The van der Waals surface area contributed by atoms with Gasteiger partial charge in [-0.15, -0.1) is 0 Å². The van der Waals surface area contributed by atoms with Gasteiger partial charge in [-0.25, -0.2) is 0 Å². The maximum Gasteiger partial charge on any atom is 0.126 e. The summed E-state index contributed by atoms with van der Waals surface area (Å²) in [5.41, 5.74) is 9.78. The molecule has 3 rings (SSSR count). The molecular weight excluding hydrogens is 262 g/mol. The van der Waals surface area contributed by atoms with Gasteiger partial charge in [-0.05, 0) is 37.6 Å². The Balaban J connectivity index is 1.83. The van der Waals surface area contributed by atoms with E-state index >= 15 is 0 Å². The summed E-state index contributed by atoms with van der Waals surface area (Å²) in [6.07, 6.45) is 0.802. The first-order chi connectivity index (χ1) is 10.2. The molecule has 0 fully saturated rings. The van der Waals surface area contributed by atoms with E-state index in [1.165, 1.54) is 5.56 Å². The van der Waals surface area contributed by atoms with Gasteiger partial charge in [-0.2, -0.15) is 0 Å². The highest BCUT2D eigenvalue weighted by molar-refractivity contribution is 5.42. The Bertz CT molecular complexity index is 622. The standard InChI is InChI=1S/C18H21NO2/c1-3-20-14-7-5-13(6-8-14)18-11-16(19)15-10-12(2)4-9-17(15)21-18/h4-10,16,18H,3,11,19H2,1-2H3/t16-,18?/m0/s1. The molecule has 2 aromatic carbocycles. The Morgan fingerprint density at radius 3 is 2.67 bits per heavy atom. The van der Waals surface area contributed by atoms with Crippen LogP contribution in [0.1, 0.15) is 42.2 Å². The fraction of sp³-hybridized carbons (Fsp3) is 0.333. The average molecular weight is 283 g/mol. The molecule has 0 radical (unpaired) electrons. The van der Waals surface area contributed by atoms with Crippen molar-refractivity contribution in [2.45, 2.75) is 32.4 Å². The number of fused-ring (bicyclic) bond motifs is 1. The van der Waals surface area contributed by atoms with Gasteiger partial charge in [-0.3, -0.25) is 0 Å². The second-order valence-corrected chi connectivity index (χ2v) is 5.49. The Morgan fingerprint density at radius 1 is 1.19 bits per heavy atom. The zero-order valence-electron chi connectivity index (χ0n) is 12.5. The molecule has 1 unspecified atom stereocenters. The van der Waals surface area contributed by atoms with Crippen molar-refractivity contribution in [1.29, 1.82) is 0 Å². The van der Waals surface area contributed by atoms with E-state index in [1.54, 1.807) is 0 Å². The van der Waals surface area contributed by atoms with Crippen molar-refractivity contribution in [3.63, 3.8) is 0 Å². The minimum Gasteiger partial charge on any atom is -0.494 e. The highest BCUT2D eigenvalue weighted by Crippen LogP contribution is 2.40. The summed E-state index contributed by atoms with van der Waals surface area (Å²) in [4.78, 5) is 0. The molecule has 3 nitrogen and oxygen atoms in total. The van der Waals surface area contributed by atoms with E-state index in [-0.39, 0.29) is 12.1 Å². The van der Waals surface area contributed by atoms with Crippen molar-refractivity contribution in [1.82, 2.24) is 0 Å². The lowest BCUT2D eigenvalue weighted by Gasteiger charge is -2.31. The molecule has 1 aliphatic rings. The Morgan fingerprint density at radius 2 is 1.95 bits per heavy atom. The number of ether oxygens (including phenoxy) is 2. The Labute approximate surface area is 125 Å². The second kappa shape index (κ2) is 5.78. The maximum absolute atomic E-state index is 6.32. The molecule has 21 heavy (non-hydrogen) atoms. The van der Waals surface area contributed by atoms with Gasteiger partial charge in [0, 0.05) is 18.0 Å². The van der Waals surface area contributed by atoms with Gasteiger partial charge in [0.2, 0.25) is 0 Å². The van der Waals surface area contributed by atoms with Crippen LogP contribution in [-0.2, 0) is 0 Å². The van der Waals surface area contributed by atoms with Crippen LogP contribution in [0.5, 0.6) is 11.5 Å². The second-order valence-electron chi connectivity index (χ2n) is 5.49. The molecule has 110 valence electrons. The van der Waals surface area contributed by atoms with Crippen LogP contribution in [-0.4, -0.2) is 6.61 Å². The molecule has 0 spiro atoms. The molecule has 0 aliphatic carbocycles. The summed E-state index contributed by atoms with van der Waals surface area (Å²) >= 11 is 0. The third-order valence-electron chi connectivity index (χ3n) is 3.86. The van der Waals surface area contributed by atoms with Crippen LogP contribution < -0.4 is 15.2 Å². The third kappa shape index (κ3) is 2.88. The van der Waals surface area contributed by atoms with Gasteiger partial charge in [0.15, 0.2) is 0 Å². The fourth-order valence-corrected chi connectivity index (χ4v) is 2.77. The topological polar surface area (TPSA) is 44.5 Å². The van der Waals surface area contributed by atoms with E-state index in [0.29, 0.717) is 6.61 Å². The van der Waals surface area contributed by atoms with Crippen molar-refractivity contribution in [2.24, 2.45) is 5.73 Å². The van der Waals surface area contributed by atoms with Crippen LogP contribution in [0, 0.1) is 6.92 Å². The van der Waals surface area contributed by atoms with Crippen molar-refractivity contribution in [2.75, 3.05) is 6.61 Å². The number of nitrogens with two attached hydrogens (primary N) is 1. The summed E-state index contributed by atoms with van der Waals surface area (Å²) in [7, 11) is 0. The molecule has 2 atom stereocenters. The van der Waals surface area contributed by atoms with Crippen LogP contribution in [0.4, 0.5) is 0 Å². The number of rotatable bonds is 3. The van der Waals surface area contributed by atoms with E-state index < -0.39 is 0 Å². The molecule has 1 heterocycles. The lowest BCUT2D eigenvalue weighted by molar-refractivity contribution is 0.161. The van der Waals surface area contributed by atoms with Crippen molar-refractivity contribution in [3.8, 4) is 11.5 Å². The van der Waals surface area contributed by atoms with Crippen molar-refractivity contribution < 1.29 is 9.47 Å². The van der Waals surface area contributed by atoms with Gasteiger partial charge in [0.25, 0.3) is 0 Å². The van der Waals surface area contributed by atoms with Gasteiger partial charge in [0.05, 0.1) is 6.61 Å². The lowest BCUT2D eigenvalue weighted by atomic mass is 9.92. The van der Waals surface area contributed by atoms with Crippen molar-refractivity contribution >= 4 is 0 Å². The smallest absolute Gasteiger partial charge is 0.126 e. The van der Waals surface area contributed by atoms with Gasteiger partial charge >= 0.3 is 0 Å². The SMILES string of the molecule is CCOc1ccc(C2C[C@H](N)c3cc(C)ccc3O2)cc1. The van der Waals surface area contributed by atoms with E-state index in [4.69, 9.17) is 15.2 Å². The zero-order valence-corrected chi connectivity index (χ0v) is 12.5. The number of benzene rings is 2. The normalized spacial score (nSPS) is 20.5. The first-order valence-corrected chi connectivity index (χ1v) is 7.43. The molecule has 3 heteroatoms. The van der Waals surface area contributed by atoms with Crippen LogP contribution in [0.15, 0.2) is 42.5 Å². The third-order valence-corrected chi connectivity index (χ3v) is 3.86.